The monoisotopic (exact) mass is 223 g/mol. The van der Waals surface area contributed by atoms with Crippen molar-refractivity contribution in [2.75, 3.05) is 46.4 Å². The summed E-state index contributed by atoms with van der Waals surface area (Å²) in [6.07, 6.45) is 3.32. The highest BCUT2D eigenvalue weighted by molar-refractivity contribution is 5.13. The van der Waals surface area contributed by atoms with E-state index in [1.54, 1.807) is 0 Å². The molecule has 4 aliphatic heterocycles. The number of nitrogens with one attached hydrogen (secondary N) is 1. The van der Waals surface area contributed by atoms with E-state index in [0.717, 1.165) is 13.0 Å². The largest absolute Gasteiger partial charge is 0.496 e. The van der Waals surface area contributed by atoms with E-state index in [1.165, 1.54) is 38.5 Å². The zero-order valence-corrected chi connectivity index (χ0v) is 9.98. The summed E-state index contributed by atoms with van der Waals surface area (Å²) >= 11 is 0. The van der Waals surface area contributed by atoms with Gasteiger partial charge in [0.25, 0.3) is 0 Å². The smallest absolute Gasteiger partial charge is 0.111 e. The molecule has 0 amide bonds. The lowest BCUT2D eigenvalue weighted by Gasteiger charge is -2.50. The van der Waals surface area contributed by atoms with Crippen LogP contribution in [0.25, 0.3) is 0 Å². The fraction of sp³-hybridized carbons (Fsp3) is 0.833. The quantitative estimate of drug-likeness (QED) is 0.722. The van der Waals surface area contributed by atoms with Gasteiger partial charge in [0, 0.05) is 45.2 Å². The summed E-state index contributed by atoms with van der Waals surface area (Å²) in [6.45, 7) is 6.97. The molecule has 0 aromatic heterocycles. The Labute approximate surface area is 97.2 Å². The Hall–Kier alpha value is -0.580. The first-order valence-electron chi connectivity index (χ1n) is 6.35. The highest BCUT2D eigenvalue weighted by atomic mass is 16.5. The van der Waals surface area contributed by atoms with Crippen LogP contribution in [0.4, 0.5) is 0 Å². The first-order valence-corrected chi connectivity index (χ1v) is 6.35. The van der Waals surface area contributed by atoms with Crippen molar-refractivity contribution in [2.45, 2.75) is 18.5 Å². The van der Waals surface area contributed by atoms with Gasteiger partial charge in [-0.05, 0) is 13.1 Å². The molecule has 2 bridgehead atoms. The minimum Gasteiger partial charge on any atom is -0.496 e. The van der Waals surface area contributed by atoms with Gasteiger partial charge in [-0.3, -0.25) is 9.80 Å². The Morgan fingerprint density at radius 1 is 1.38 bits per heavy atom. The van der Waals surface area contributed by atoms with E-state index in [-0.39, 0.29) is 0 Å². The third kappa shape index (κ3) is 1.75. The average molecular weight is 223 g/mol. The standard InChI is InChI=1S/C12H21N3O/c1-13-12(11-3-2-8-16-11)10-9-14-4-6-15(10)7-5-14/h3,10,12-13H,2,4-9H2,1H3. The average Bonchev–Trinajstić information content (AvgIpc) is 2.85. The molecule has 16 heavy (non-hydrogen) atoms. The molecule has 4 heteroatoms. The summed E-state index contributed by atoms with van der Waals surface area (Å²) in [5.74, 6) is 1.17. The van der Waals surface area contributed by atoms with Crippen molar-refractivity contribution >= 4 is 0 Å². The highest BCUT2D eigenvalue weighted by Gasteiger charge is 2.38. The van der Waals surface area contributed by atoms with Gasteiger partial charge in [-0.15, -0.1) is 0 Å². The minimum atomic E-state index is 0.380. The molecule has 4 heterocycles. The van der Waals surface area contributed by atoms with Crippen molar-refractivity contribution in [1.29, 1.82) is 0 Å². The van der Waals surface area contributed by atoms with Crippen molar-refractivity contribution in [3.63, 3.8) is 0 Å². The maximum Gasteiger partial charge on any atom is 0.111 e. The number of ether oxygens (including phenoxy) is 1. The maximum absolute atomic E-state index is 5.72. The van der Waals surface area contributed by atoms with Gasteiger partial charge in [0.15, 0.2) is 0 Å². The van der Waals surface area contributed by atoms with Gasteiger partial charge >= 0.3 is 0 Å². The summed E-state index contributed by atoms with van der Waals surface area (Å²) in [4.78, 5) is 5.19. The number of nitrogens with zero attached hydrogens (tertiary/aromatic N) is 2. The molecule has 4 rings (SSSR count). The number of piperazine rings is 3. The Kier molecular flexibility index (Phi) is 2.88. The number of hydrogen-bond donors (Lipinski definition) is 1. The summed E-state index contributed by atoms with van der Waals surface area (Å²) in [5.41, 5.74) is 0. The van der Waals surface area contributed by atoms with Crippen LogP contribution in [0.3, 0.4) is 0 Å². The van der Waals surface area contributed by atoms with Crippen LogP contribution in [-0.2, 0) is 4.74 Å². The molecule has 4 aliphatic rings. The number of fused-ring (bicyclic) bond motifs is 3. The van der Waals surface area contributed by atoms with Gasteiger partial charge in [0.05, 0.1) is 12.6 Å². The fourth-order valence-corrected chi connectivity index (χ4v) is 3.15. The van der Waals surface area contributed by atoms with E-state index < -0.39 is 0 Å². The summed E-state index contributed by atoms with van der Waals surface area (Å²) in [7, 11) is 2.05. The van der Waals surface area contributed by atoms with Crippen molar-refractivity contribution in [3.8, 4) is 0 Å². The SMILES string of the molecule is CNC(C1=CCCO1)C1CN2CCN1CC2. The van der Waals surface area contributed by atoms with E-state index >= 15 is 0 Å². The van der Waals surface area contributed by atoms with Gasteiger partial charge in [-0.2, -0.15) is 0 Å². The predicted octanol–water partition coefficient (Wildman–Crippen LogP) is -0.122. The molecular weight excluding hydrogens is 202 g/mol. The molecule has 0 aromatic rings. The summed E-state index contributed by atoms with van der Waals surface area (Å²) < 4.78 is 5.72. The van der Waals surface area contributed by atoms with Crippen LogP contribution < -0.4 is 5.32 Å². The Morgan fingerprint density at radius 3 is 2.69 bits per heavy atom. The Bertz CT molecular complexity index is 284. The van der Waals surface area contributed by atoms with Crippen LogP contribution in [0.2, 0.25) is 0 Å². The van der Waals surface area contributed by atoms with Crippen molar-refractivity contribution in [1.82, 2.24) is 15.1 Å². The number of hydrogen-bond acceptors (Lipinski definition) is 4. The molecular formula is C12H21N3O. The first kappa shape index (κ1) is 10.6. The number of likely N-dealkylation sites (N-methyl/N-ethyl adjacent to an activating group) is 1. The van der Waals surface area contributed by atoms with Gasteiger partial charge in [-0.25, -0.2) is 0 Å². The van der Waals surface area contributed by atoms with E-state index in [9.17, 15) is 0 Å². The fourth-order valence-electron chi connectivity index (χ4n) is 3.15. The zero-order chi connectivity index (χ0) is 11.0. The van der Waals surface area contributed by atoms with Crippen LogP contribution in [0.5, 0.6) is 0 Å². The van der Waals surface area contributed by atoms with Gasteiger partial charge in [-0.1, -0.05) is 0 Å². The molecule has 1 N–H and O–H groups in total. The van der Waals surface area contributed by atoms with Crippen molar-refractivity contribution < 1.29 is 4.74 Å². The third-order valence-electron chi connectivity index (χ3n) is 4.06. The van der Waals surface area contributed by atoms with Gasteiger partial charge < -0.3 is 10.1 Å². The minimum absolute atomic E-state index is 0.380. The maximum atomic E-state index is 5.72. The lowest BCUT2D eigenvalue weighted by molar-refractivity contribution is -0.00440. The lowest BCUT2D eigenvalue weighted by atomic mass is 9.98. The molecule has 0 aliphatic carbocycles. The molecule has 0 spiro atoms. The van der Waals surface area contributed by atoms with Crippen LogP contribution >= 0.6 is 0 Å². The summed E-state index contributed by atoms with van der Waals surface area (Å²) in [5, 5.41) is 3.44. The lowest BCUT2D eigenvalue weighted by Crippen LogP contribution is -2.66. The molecule has 0 saturated carbocycles. The van der Waals surface area contributed by atoms with Gasteiger partial charge in [0.1, 0.15) is 5.76 Å². The second-order valence-electron chi connectivity index (χ2n) is 4.91. The van der Waals surface area contributed by atoms with E-state index in [1.807, 2.05) is 7.05 Å². The third-order valence-corrected chi connectivity index (χ3v) is 4.06. The molecule has 0 aromatic carbocycles. The van der Waals surface area contributed by atoms with E-state index in [2.05, 4.69) is 21.2 Å². The zero-order valence-electron chi connectivity index (χ0n) is 9.98. The second kappa shape index (κ2) is 4.35. The van der Waals surface area contributed by atoms with Crippen LogP contribution in [-0.4, -0.2) is 68.3 Å². The molecule has 3 fully saturated rings. The predicted molar refractivity (Wildman–Crippen MR) is 63.3 cm³/mol. The van der Waals surface area contributed by atoms with Crippen LogP contribution in [0.15, 0.2) is 11.8 Å². The van der Waals surface area contributed by atoms with Crippen molar-refractivity contribution in [2.24, 2.45) is 0 Å². The topological polar surface area (TPSA) is 27.7 Å². The molecule has 2 unspecified atom stereocenters. The summed E-state index contributed by atoms with van der Waals surface area (Å²) in [6, 6.07) is 0.974. The normalized spacial score (nSPS) is 39.3. The Balaban J connectivity index is 1.74. The highest BCUT2D eigenvalue weighted by Crippen LogP contribution is 2.24. The van der Waals surface area contributed by atoms with Crippen LogP contribution in [0.1, 0.15) is 6.42 Å². The molecule has 3 saturated heterocycles. The molecule has 0 radical (unpaired) electrons. The molecule has 4 nitrogen and oxygen atoms in total. The molecule has 2 atom stereocenters. The second-order valence-corrected chi connectivity index (χ2v) is 4.91. The van der Waals surface area contributed by atoms with E-state index in [0.29, 0.717) is 12.1 Å². The van der Waals surface area contributed by atoms with Crippen molar-refractivity contribution in [3.05, 3.63) is 11.8 Å². The Morgan fingerprint density at radius 2 is 2.19 bits per heavy atom. The van der Waals surface area contributed by atoms with Crippen LogP contribution in [0, 0.1) is 0 Å². The number of rotatable bonds is 3. The van der Waals surface area contributed by atoms with Gasteiger partial charge in [0.2, 0.25) is 0 Å². The first-order chi connectivity index (χ1) is 7.88. The molecule has 90 valence electrons. The van der Waals surface area contributed by atoms with E-state index in [4.69, 9.17) is 4.74 Å².